The van der Waals surface area contributed by atoms with E-state index in [4.69, 9.17) is 15.2 Å². The second kappa shape index (κ2) is 4.60. The third-order valence-electron chi connectivity index (χ3n) is 1.56. The minimum absolute atomic E-state index is 0.565. The highest BCUT2D eigenvalue weighted by atomic mass is 16.6. The van der Waals surface area contributed by atoms with Crippen molar-refractivity contribution in [3.63, 3.8) is 0 Å². The lowest BCUT2D eigenvalue weighted by Gasteiger charge is -2.19. The number of allylic oxidation sites excluding steroid dienone is 3. The summed E-state index contributed by atoms with van der Waals surface area (Å²) in [5.41, 5.74) is 6.58. The van der Waals surface area contributed by atoms with Gasteiger partial charge in [-0.25, -0.2) is 0 Å². The summed E-state index contributed by atoms with van der Waals surface area (Å²) in [6.07, 6.45) is 5.25. The quantitative estimate of drug-likeness (QED) is 0.669. The molecule has 1 aliphatic rings. The van der Waals surface area contributed by atoms with Crippen LogP contribution in [0.3, 0.4) is 0 Å². The van der Waals surface area contributed by atoms with Crippen molar-refractivity contribution in [2.45, 2.75) is 13.8 Å². The molecular weight excluding hydrogens is 166 g/mol. The molecule has 0 aliphatic carbocycles. The van der Waals surface area contributed by atoms with Gasteiger partial charge in [0, 0.05) is 6.20 Å². The summed E-state index contributed by atoms with van der Waals surface area (Å²) < 4.78 is 10.7. The number of ether oxygens (including phenoxy) is 2. The minimum atomic E-state index is 0.565. The van der Waals surface area contributed by atoms with Crippen LogP contribution in [0.1, 0.15) is 13.8 Å². The summed E-state index contributed by atoms with van der Waals surface area (Å²) in [7, 11) is 0. The van der Waals surface area contributed by atoms with Gasteiger partial charge in [0.05, 0.1) is 0 Å². The first kappa shape index (κ1) is 9.71. The summed E-state index contributed by atoms with van der Waals surface area (Å²) in [5.74, 6) is 1.32. The molecule has 0 aromatic rings. The molecule has 13 heavy (non-hydrogen) atoms. The Bertz CT molecular complexity index is 260. The van der Waals surface area contributed by atoms with Crippen molar-refractivity contribution in [2.75, 3.05) is 13.2 Å². The Kier molecular flexibility index (Phi) is 3.43. The zero-order chi connectivity index (χ0) is 9.68. The first-order valence-electron chi connectivity index (χ1n) is 4.27. The summed E-state index contributed by atoms with van der Waals surface area (Å²) in [4.78, 5) is 0. The average molecular weight is 181 g/mol. The molecule has 0 aromatic carbocycles. The maximum atomic E-state index is 5.38. The van der Waals surface area contributed by atoms with Crippen molar-refractivity contribution in [1.29, 1.82) is 0 Å². The smallest absolute Gasteiger partial charge is 0.176 e. The van der Waals surface area contributed by atoms with Crippen LogP contribution in [0, 0.1) is 0 Å². The molecule has 1 heterocycles. The number of nitrogens with two attached hydrogens (primary N) is 1. The topological polar surface area (TPSA) is 44.5 Å². The normalized spacial score (nSPS) is 22.3. The van der Waals surface area contributed by atoms with Gasteiger partial charge in [0.15, 0.2) is 11.5 Å². The maximum Gasteiger partial charge on any atom is 0.176 e. The minimum Gasteiger partial charge on any atom is -0.486 e. The van der Waals surface area contributed by atoms with E-state index < -0.39 is 0 Å². The highest BCUT2D eigenvalue weighted by Crippen LogP contribution is 2.17. The van der Waals surface area contributed by atoms with E-state index in [0.29, 0.717) is 24.7 Å². The average Bonchev–Trinajstić information content (AvgIpc) is 2.15. The molecule has 0 unspecified atom stereocenters. The Hall–Kier alpha value is -1.38. The zero-order valence-electron chi connectivity index (χ0n) is 8.04. The van der Waals surface area contributed by atoms with E-state index in [1.165, 1.54) is 11.8 Å². The number of rotatable bonds is 1. The lowest BCUT2D eigenvalue weighted by atomic mass is 10.3. The van der Waals surface area contributed by atoms with Gasteiger partial charge in [0.25, 0.3) is 0 Å². The predicted octanol–water partition coefficient (Wildman–Crippen LogP) is 1.68. The second-order valence-electron chi connectivity index (χ2n) is 3.00. The zero-order valence-corrected chi connectivity index (χ0v) is 8.04. The molecule has 0 amide bonds. The Morgan fingerprint density at radius 2 is 1.85 bits per heavy atom. The molecule has 0 atom stereocenters. The molecule has 1 fully saturated rings. The third kappa shape index (κ3) is 2.86. The van der Waals surface area contributed by atoms with Gasteiger partial charge < -0.3 is 15.2 Å². The number of hydrogen-bond donors (Lipinski definition) is 1. The van der Waals surface area contributed by atoms with Crippen LogP contribution >= 0.6 is 0 Å². The SMILES string of the molecule is CC(C)=C/C=C1/OCCO/C1=C/N. The summed E-state index contributed by atoms with van der Waals surface area (Å²) in [6, 6.07) is 0. The fourth-order valence-corrected chi connectivity index (χ4v) is 0.948. The van der Waals surface area contributed by atoms with Crippen LogP contribution in [0.25, 0.3) is 0 Å². The van der Waals surface area contributed by atoms with Gasteiger partial charge in [-0.1, -0.05) is 11.6 Å². The highest BCUT2D eigenvalue weighted by Gasteiger charge is 2.12. The van der Waals surface area contributed by atoms with Crippen molar-refractivity contribution >= 4 is 0 Å². The Morgan fingerprint density at radius 3 is 2.38 bits per heavy atom. The lowest BCUT2D eigenvalue weighted by molar-refractivity contribution is 0.0592. The van der Waals surface area contributed by atoms with Crippen LogP contribution in [0.5, 0.6) is 0 Å². The van der Waals surface area contributed by atoms with E-state index in [2.05, 4.69) is 0 Å². The van der Waals surface area contributed by atoms with Gasteiger partial charge in [0.1, 0.15) is 13.2 Å². The Balaban J connectivity index is 2.76. The predicted molar refractivity (Wildman–Crippen MR) is 51.7 cm³/mol. The summed E-state index contributed by atoms with van der Waals surface area (Å²) >= 11 is 0. The second-order valence-corrected chi connectivity index (χ2v) is 3.00. The molecular formula is C10H15NO2. The van der Waals surface area contributed by atoms with Gasteiger partial charge in [-0.15, -0.1) is 0 Å². The fourth-order valence-electron chi connectivity index (χ4n) is 0.948. The van der Waals surface area contributed by atoms with Crippen LogP contribution in [0.4, 0.5) is 0 Å². The first-order chi connectivity index (χ1) is 6.24. The van der Waals surface area contributed by atoms with Crippen LogP contribution < -0.4 is 5.73 Å². The molecule has 3 heteroatoms. The third-order valence-corrected chi connectivity index (χ3v) is 1.56. The van der Waals surface area contributed by atoms with Crippen LogP contribution in [0.2, 0.25) is 0 Å². The fraction of sp³-hybridized carbons (Fsp3) is 0.400. The molecule has 0 aromatic heterocycles. The monoisotopic (exact) mass is 181 g/mol. The van der Waals surface area contributed by atoms with Gasteiger partial charge in [-0.05, 0) is 19.9 Å². The molecule has 0 bridgehead atoms. The highest BCUT2D eigenvalue weighted by molar-refractivity contribution is 5.26. The molecule has 1 saturated heterocycles. The molecule has 0 radical (unpaired) electrons. The molecule has 0 spiro atoms. The van der Waals surface area contributed by atoms with Crippen LogP contribution in [-0.4, -0.2) is 13.2 Å². The van der Waals surface area contributed by atoms with E-state index in [9.17, 15) is 0 Å². The van der Waals surface area contributed by atoms with Crippen molar-refractivity contribution in [3.05, 3.63) is 35.4 Å². The molecule has 2 N–H and O–H groups in total. The number of hydrogen-bond acceptors (Lipinski definition) is 3. The van der Waals surface area contributed by atoms with Crippen molar-refractivity contribution < 1.29 is 9.47 Å². The Labute approximate surface area is 78.5 Å². The van der Waals surface area contributed by atoms with Gasteiger partial charge in [-0.2, -0.15) is 0 Å². The van der Waals surface area contributed by atoms with Gasteiger partial charge in [0.2, 0.25) is 0 Å². The van der Waals surface area contributed by atoms with E-state index in [-0.39, 0.29) is 0 Å². The largest absolute Gasteiger partial charge is 0.486 e. The van der Waals surface area contributed by atoms with E-state index >= 15 is 0 Å². The van der Waals surface area contributed by atoms with Crippen molar-refractivity contribution in [3.8, 4) is 0 Å². The first-order valence-corrected chi connectivity index (χ1v) is 4.27. The molecule has 0 saturated carbocycles. The molecule has 1 aliphatic heterocycles. The van der Waals surface area contributed by atoms with Crippen LogP contribution in [-0.2, 0) is 9.47 Å². The van der Waals surface area contributed by atoms with E-state index in [1.54, 1.807) is 0 Å². The summed E-state index contributed by atoms with van der Waals surface area (Å²) in [6.45, 7) is 5.19. The van der Waals surface area contributed by atoms with E-state index in [1.807, 2.05) is 26.0 Å². The van der Waals surface area contributed by atoms with Gasteiger partial charge >= 0.3 is 0 Å². The Morgan fingerprint density at radius 1 is 1.23 bits per heavy atom. The molecule has 1 rings (SSSR count). The molecule has 3 nitrogen and oxygen atoms in total. The lowest BCUT2D eigenvalue weighted by Crippen LogP contribution is -2.14. The maximum absolute atomic E-state index is 5.38. The van der Waals surface area contributed by atoms with Gasteiger partial charge in [-0.3, -0.25) is 0 Å². The van der Waals surface area contributed by atoms with E-state index in [0.717, 1.165) is 0 Å². The van der Waals surface area contributed by atoms with Crippen LogP contribution in [0.15, 0.2) is 35.4 Å². The van der Waals surface area contributed by atoms with Crippen molar-refractivity contribution in [1.82, 2.24) is 0 Å². The molecule has 72 valence electrons. The standard InChI is InChI=1S/C10H15NO2/c1-8(2)3-4-9-10(7-11)13-6-5-12-9/h3-4,7H,5-6,11H2,1-2H3/b9-4+,10-7+. The van der Waals surface area contributed by atoms with Crippen molar-refractivity contribution in [2.24, 2.45) is 5.73 Å². The summed E-state index contributed by atoms with van der Waals surface area (Å²) in [5, 5.41) is 0.